The lowest BCUT2D eigenvalue weighted by atomic mass is 10.1. The second-order valence-corrected chi connectivity index (χ2v) is 4.10. The standard InChI is InChI=1S/C13H15FN2O3/c1-3-12-15-13(19-16-12)7-18-11-5-4-9(14)6-10(11)8(2)17/h4-6,8,17H,3,7H2,1-2H3. The highest BCUT2D eigenvalue weighted by atomic mass is 19.1. The molecule has 1 N–H and O–H groups in total. The molecule has 0 fully saturated rings. The molecule has 0 aliphatic rings. The van der Waals surface area contributed by atoms with Crippen LogP contribution in [0.3, 0.4) is 0 Å². The van der Waals surface area contributed by atoms with Crippen molar-refractivity contribution in [3.63, 3.8) is 0 Å². The van der Waals surface area contributed by atoms with E-state index >= 15 is 0 Å². The van der Waals surface area contributed by atoms with Crippen LogP contribution in [-0.2, 0) is 13.0 Å². The molecule has 0 radical (unpaired) electrons. The molecule has 19 heavy (non-hydrogen) atoms. The highest BCUT2D eigenvalue weighted by Gasteiger charge is 2.12. The Hall–Kier alpha value is -1.95. The van der Waals surface area contributed by atoms with Gasteiger partial charge in [0.15, 0.2) is 12.4 Å². The van der Waals surface area contributed by atoms with E-state index < -0.39 is 11.9 Å². The van der Waals surface area contributed by atoms with E-state index in [0.717, 1.165) is 0 Å². The fourth-order valence-corrected chi connectivity index (χ4v) is 1.61. The third-order valence-electron chi connectivity index (χ3n) is 2.60. The molecule has 0 saturated carbocycles. The summed E-state index contributed by atoms with van der Waals surface area (Å²) in [6, 6.07) is 3.98. The number of hydrogen-bond donors (Lipinski definition) is 1. The second kappa shape index (κ2) is 5.79. The quantitative estimate of drug-likeness (QED) is 0.900. The van der Waals surface area contributed by atoms with E-state index in [0.29, 0.717) is 29.4 Å². The highest BCUT2D eigenvalue weighted by molar-refractivity contribution is 5.35. The molecule has 1 atom stereocenters. The smallest absolute Gasteiger partial charge is 0.264 e. The predicted octanol–water partition coefficient (Wildman–Crippen LogP) is 2.40. The monoisotopic (exact) mass is 266 g/mol. The van der Waals surface area contributed by atoms with Gasteiger partial charge in [-0.25, -0.2) is 4.39 Å². The number of aromatic nitrogens is 2. The lowest BCUT2D eigenvalue weighted by Crippen LogP contribution is -2.02. The first-order chi connectivity index (χ1) is 9.10. The number of aliphatic hydroxyl groups is 1. The molecule has 1 unspecified atom stereocenters. The normalized spacial score (nSPS) is 12.4. The van der Waals surface area contributed by atoms with Crippen LogP contribution in [0.25, 0.3) is 0 Å². The topological polar surface area (TPSA) is 68.4 Å². The third-order valence-corrected chi connectivity index (χ3v) is 2.60. The number of aryl methyl sites for hydroxylation is 1. The zero-order chi connectivity index (χ0) is 13.8. The van der Waals surface area contributed by atoms with Crippen molar-refractivity contribution in [3.8, 4) is 5.75 Å². The highest BCUT2D eigenvalue weighted by Crippen LogP contribution is 2.26. The Morgan fingerprint density at radius 2 is 2.26 bits per heavy atom. The summed E-state index contributed by atoms with van der Waals surface area (Å²) in [6.45, 7) is 3.54. The Morgan fingerprint density at radius 3 is 2.89 bits per heavy atom. The number of halogens is 1. The molecule has 6 heteroatoms. The number of hydrogen-bond acceptors (Lipinski definition) is 5. The van der Waals surface area contributed by atoms with E-state index in [1.165, 1.54) is 18.2 Å². The molecule has 2 rings (SSSR count). The van der Waals surface area contributed by atoms with Gasteiger partial charge < -0.3 is 14.4 Å². The van der Waals surface area contributed by atoms with Crippen LogP contribution in [0.15, 0.2) is 22.7 Å². The van der Waals surface area contributed by atoms with E-state index in [9.17, 15) is 9.50 Å². The Labute approximate surface area is 110 Å². The van der Waals surface area contributed by atoms with Gasteiger partial charge in [-0.05, 0) is 25.1 Å². The second-order valence-electron chi connectivity index (χ2n) is 4.10. The number of rotatable bonds is 5. The van der Waals surface area contributed by atoms with Gasteiger partial charge in [0, 0.05) is 12.0 Å². The van der Waals surface area contributed by atoms with Crippen LogP contribution < -0.4 is 4.74 Å². The van der Waals surface area contributed by atoms with Crippen molar-refractivity contribution >= 4 is 0 Å². The van der Waals surface area contributed by atoms with Gasteiger partial charge in [0.25, 0.3) is 5.89 Å². The van der Waals surface area contributed by atoms with Crippen molar-refractivity contribution in [1.29, 1.82) is 0 Å². The van der Waals surface area contributed by atoms with Gasteiger partial charge in [0.1, 0.15) is 11.6 Å². The van der Waals surface area contributed by atoms with Gasteiger partial charge in [-0.3, -0.25) is 0 Å². The van der Waals surface area contributed by atoms with Crippen molar-refractivity contribution in [2.75, 3.05) is 0 Å². The van der Waals surface area contributed by atoms with E-state index in [2.05, 4.69) is 10.1 Å². The average Bonchev–Trinajstić information content (AvgIpc) is 2.85. The van der Waals surface area contributed by atoms with Crippen LogP contribution in [0.5, 0.6) is 5.75 Å². The fourth-order valence-electron chi connectivity index (χ4n) is 1.61. The van der Waals surface area contributed by atoms with E-state index in [4.69, 9.17) is 9.26 Å². The summed E-state index contributed by atoms with van der Waals surface area (Å²) in [5, 5.41) is 13.3. The summed E-state index contributed by atoms with van der Waals surface area (Å²) in [4.78, 5) is 4.10. The summed E-state index contributed by atoms with van der Waals surface area (Å²) in [5.41, 5.74) is 0.384. The summed E-state index contributed by atoms with van der Waals surface area (Å²) >= 11 is 0. The van der Waals surface area contributed by atoms with Gasteiger partial charge in [-0.1, -0.05) is 12.1 Å². The van der Waals surface area contributed by atoms with Crippen LogP contribution >= 0.6 is 0 Å². The molecule has 1 aromatic heterocycles. The van der Waals surface area contributed by atoms with Gasteiger partial charge in [0.2, 0.25) is 0 Å². The third kappa shape index (κ3) is 3.29. The molecule has 1 aromatic carbocycles. The molecule has 0 spiro atoms. The number of aliphatic hydroxyl groups excluding tert-OH is 1. The molecule has 0 bridgehead atoms. The van der Waals surface area contributed by atoms with Crippen molar-refractivity contribution in [2.45, 2.75) is 33.0 Å². The molecule has 0 aliphatic carbocycles. The maximum absolute atomic E-state index is 13.1. The first-order valence-electron chi connectivity index (χ1n) is 6.02. The minimum atomic E-state index is -0.820. The summed E-state index contributed by atoms with van der Waals surface area (Å²) in [6.07, 6.45) is -0.140. The minimum Gasteiger partial charge on any atom is -0.483 e. The maximum Gasteiger partial charge on any atom is 0.264 e. The predicted molar refractivity (Wildman–Crippen MR) is 65.0 cm³/mol. The molecule has 102 valence electrons. The summed E-state index contributed by atoms with van der Waals surface area (Å²) in [7, 11) is 0. The minimum absolute atomic E-state index is 0.0817. The Balaban J connectivity index is 2.10. The summed E-state index contributed by atoms with van der Waals surface area (Å²) < 4.78 is 23.6. The SMILES string of the molecule is CCc1noc(COc2ccc(F)cc2C(C)O)n1. The number of benzene rings is 1. The van der Waals surface area contributed by atoms with Crippen molar-refractivity contribution in [1.82, 2.24) is 10.1 Å². The molecule has 2 aromatic rings. The van der Waals surface area contributed by atoms with E-state index in [-0.39, 0.29) is 6.61 Å². The first kappa shape index (κ1) is 13.5. The first-order valence-corrected chi connectivity index (χ1v) is 6.02. The van der Waals surface area contributed by atoms with Crippen LogP contribution in [0, 0.1) is 5.82 Å². The molecular formula is C13H15FN2O3. The molecule has 0 saturated heterocycles. The number of nitrogens with zero attached hydrogens (tertiary/aromatic N) is 2. The molecule has 1 heterocycles. The van der Waals surface area contributed by atoms with Crippen molar-refractivity contribution in [3.05, 3.63) is 41.3 Å². The Morgan fingerprint density at radius 1 is 1.47 bits per heavy atom. The van der Waals surface area contributed by atoms with E-state index in [1.54, 1.807) is 6.92 Å². The fraction of sp³-hybridized carbons (Fsp3) is 0.385. The Bertz CT molecular complexity index is 555. The maximum atomic E-state index is 13.1. The van der Waals surface area contributed by atoms with Crippen LogP contribution in [0.1, 0.15) is 37.2 Å². The number of ether oxygens (including phenoxy) is 1. The van der Waals surface area contributed by atoms with Crippen LogP contribution in [-0.4, -0.2) is 15.2 Å². The van der Waals surface area contributed by atoms with Crippen molar-refractivity contribution in [2.24, 2.45) is 0 Å². The Kier molecular flexibility index (Phi) is 4.11. The van der Waals surface area contributed by atoms with Gasteiger partial charge in [-0.2, -0.15) is 4.98 Å². The zero-order valence-corrected chi connectivity index (χ0v) is 10.8. The largest absolute Gasteiger partial charge is 0.483 e. The van der Waals surface area contributed by atoms with E-state index in [1.807, 2.05) is 6.92 Å². The average molecular weight is 266 g/mol. The van der Waals surface area contributed by atoms with Crippen LogP contribution in [0.4, 0.5) is 4.39 Å². The van der Waals surface area contributed by atoms with Crippen LogP contribution in [0.2, 0.25) is 0 Å². The molecule has 0 amide bonds. The zero-order valence-electron chi connectivity index (χ0n) is 10.8. The van der Waals surface area contributed by atoms with Gasteiger partial charge in [0.05, 0.1) is 6.10 Å². The molecule has 0 aliphatic heterocycles. The summed E-state index contributed by atoms with van der Waals surface area (Å²) in [5.74, 6) is 0.924. The molecule has 5 nitrogen and oxygen atoms in total. The van der Waals surface area contributed by atoms with Gasteiger partial charge >= 0.3 is 0 Å². The van der Waals surface area contributed by atoms with Gasteiger partial charge in [-0.15, -0.1) is 0 Å². The molecular weight excluding hydrogens is 251 g/mol. The lowest BCUT2D eigenvalue weighted by molar-refractivity contribution is 0.184. The van der Waals surface area contributed by atoms with Crippen molar-refractivity contribution < 1.29 is 18.8 Å². The lowest BCUT2D eigenvalue weighted by Gasteiger charge is -2.12.